The molecule has 1 saturated carbocycles. The van der Waals surface area contributed by atoms with Gasteiger partial charge in [-0.3, -0.25) is 25.1 Å². The van der Waals surface area contributed by atoms with Crippen molar-refractivity contribution < 1.29 is 9.59 Å². The number of nitrogens with one attached hydrogen (secondary N) is 6. The van der Waals surface area contributed by atoms with E-state index in [1.165, 1.54) is 32.1 Å². The lowest BCUT2D eigenvalue weighted by Crippen LogP contribution is -2.45. The maximum Gasteiger partial charge on any atom is 0.255 e. The summed E-state index contributed by atoms with van der Waals surface area (Å²) in [4.78, 5) is 37.0. The van der Waals surface area contributed by atoms with Crippen LogP contribution >= 0.6 is 23.2 Å². The summed E-state index contributed by atoms with van der Waals surface area (Å²) in [7, 11) is 0. The summed E-state index contributed by atoms with van der Waals surface area (Å²) < 4.78 is 1.89. The number of likely N-dealkylation sites (tertiary alicyclic amines) is 1. The number of hydrogen-bond acceptors (Lipinski definition) is 12. The topological polar surface area (TPSA) is 192 Å². The minimum Gasteiger partial charge on any atom is -0.367 e. The lowest BCUT2D eigenvalue weighted by atomic mass is 9.95. The summed E-state index contributed by atoms with van der Waals surface area (Å²) in [6.45, 7) is 5.48. The van der Waals surface area contributed by atoms with Crippen LogP contribution in [0.3, 0.4) is 0 Å². The van der Waals surface area contributed by atoms with E-state index in [0.717, 1.165) is 80.3 Å². The van der Waals surface area contributed by atoms with Crippen LogP contribution in [0.4, 0.5) is 17.5 Å². The zero-order valence-corrected chi connectivity index (χ0v) is 33.4. The summed E-state index contributed by atoms with van der Waals surface area (Å²) in [5, 5.41) is 24.6. The van der Waals surface area contributed by atoms with Gasteiger partial charge in [0, 0.05) is 48.5 Å². The van der Waals surface area contributed by atoms with Gasteiger partial charge in [0.1, 0.15) is 11.5 Å². The van der Waals surface area contributed by atoms with Gasteiger partial charge in [-0.05, 0) is 94.9 Å². The van der Waals surface area contributed by atoms with Crippen molar-refractivity contribution in [1.82, 2.24) is 45.9 Å². The van der Waals surface area contributed by atoms with Crippen molar-refractivity contribution in [1.29, 1.82) is 0 Å². The molecule has 8 N–H and O–H groups in total. The number of hydrogen-bond donors (Lipinski definition) is 7. The standard InChI is InChI=1S/C39H55Cl2N13O2/c40-27-12-14-35(32(41)24-27)50-51-38(56)33(42)13-15-36(55)53-22-16-29(17-23-53)46-37-31-10-4-5-11-34(31)47-39(48-37)45-25-30-26-54(52-49-30)21-7-19-43-18-6-20-44-28-8-2-1-3-9-28/h4-5,10-12,14,24,26,28-29,33,43-44,50H,1-3,6-9,13,15-23,25,42H2,(H,51,56)(H2,45,46,47,48)/t33-/m0/s1. The Morgan fingerprint density at radius 3 is 2.55 bits per heavy atom. The predicted molar refractivity (Wildman–Crippen MR) is 223 cm³/mol. The summed E-state index contributed by atoms with van der Waals surface area (Å²) in [6.07, 6.45) is 12.8. The molecule has 0 bridgehead atoms. The molecule has 6 rings (SSSR count). The molecule has 1 atom stereocenters. The van der Waals surface area contributed by atoms with E-state index in [2.05, 4.69) is 42.4 Å². The van der Waals surface area contributed by atoms with Gasteiger partial charge in [0.25, 0.3) is 5.91 Å². The van der Waals surface area contributed by atoms with E-state index in [1.807, 2.05) is 40.0 Å². The molecule has 0 spiro atoms. The highest BCUT2D eigenvalue weighted by atomic mass is 35.5. The average molecular weight is 809 g/mol. The van der Waals surface area contributed by atoms with Gasteiger partial charge in [-0.15, -0.1) is 5.10 Å². The Hall–Kier alpha value is -4.28. The normalized spacial score (nSPS) is 15.8. The minimum atomic E-state index is -0.863. The van der Waals surface area contributed by atoms with Crippen molar-refractivity contribution in [3.05, 3.63) is 64.4 Å². The first kappa shape index (κ1) is 41.4. The Morgan fingerprint density at radius 2 is 1.73 bits per heavy atom. The Balaban J connectivity index is 0.896. The SMILES string of the molecule is N[C@@H](CCC(=O)N1CCC(Nc2nc(NCc3cn(CCCNCCCNC4CCCCC4)nn3)nc3ccccc23)CC1)C(=O)NNc1ccc(Cl)cc1Cl. The molecule has 17 heteroatoms. The average Bonchev–Trinajstić information content (AvgIpc) is 3.68. The Morgan fingerprint density at radius 1 is 0.929 bits per heavy atom. The molecule has 15 nitrogen and oxygen atoms in total. The zero-order chi connectivity index (χ0) is 39.1. The van der Waals surface area contributed by atoms with Crippen LogP contribution in [0.1, 0.15) is 76.3 Å². The minimum absolute atomic E-state index is 0.0269. The lowest BCUT2D eigenvalue weighted by molar-refractivity contribution is -0.132. The molecule has 2 fully saturated rings. The van der Waals surface area contributed by atoms with Crippen LogP contribution in [0.15, 0.2) is 48.7 Å². The van der Waals surface area contributed by atoms with E-state index in [9.17, 15) is 9.59 Å². The fourth-order valence-corrected chi connectivity index (χ4v) is 7.58. The molecule has 2 aromatic carbocycles. The molecular weight excluding hydrogens is 753 g/mol. The number of hydrazine groups is 1. The quantitative estimate of drug-likeness (QED) is 0.0464. The van der Waals surface area contributed by atoms with Gasteiger partial charge in [-0.1, -0.05) is 59.8 Å². The van der Waals surface area contributed by atoms with E-state index in [0.29, 0.717) is 41.3 Å². The highest BCUT2D eigenvalue weighted by molar-refractivity contribution is 6.36. The van der Waals surface area contributed by atoms with E-state index in [1.54, 1.807) is 18.2 Å². The number of piperidine rings is 1. The number of nitrogens with zero attached hydrogens (tertiary/aromatic N) is 6. The molecule has 56 heavy (non-hydrogen) atoms. The Bertz CT molecular complexity index is 1860. The second kappa shape index (κ2) is 21.3. The molecule has 4 aromatic rings. The van der Waals surface area contributed by atoms with Crippen LogP contribution < -0.4 is 37.9 Å². The highest BCUT2D eigenvalue weighted by Crippen LogP contribution is 2.26. The van der Waals surface area contributed by atoms with Crippen molar-refractivity contribution in [2.45, 2.75) is 102 Å². The maximum atomic E-state index is 13.0. The molecule has 1 aliphatic heterocycles. The van der Waals surface area contributed by atoms with Crippen molar-refractivity contribution in [2.24, 2.45) is 5.73 Å². The van der Waals surface area contributed by atoms with E-state index >= 15 is 0 Å². The van der Waals surface area contributed by atoms with Gasteiger partial charge < -0.3 is 31.9 Å². The van der Waals surface area contributed by atoms with Crippen LogP contribution in [0.25, 0.3) is 10.9 Å². The second-order valence-corrected chi connectivity index (χ2v) is 15.5. The van der Waals surface area contributed by atoms with Gasteiger partial charge >= 0.3 is 0 Å². The molecule has 0 radical (unpaired) electrons. The molecule has 2 aliphatic rings. The molecular formula is C39H55Cl2N13O2. The third kappa shape index (κ3) is 12.6. The van der Waals surface area contributed by atoms with E-state index in [-0.39, 0.29) is 24.8 Å². The van der Waals surface area contributed by atoms with Crippen molar-refractivity contribution in [3.63, 3.8) is 0 Å². The molecule has 2 amide bonds. The largest absolute Gasteiger partial charge is 0.367 e. The summed E-state index contributed by atoms with van der Waals surface area (Å²) in [5.74, 6) is 0.781. The number of benzene rings is 2. The Kier molecular flexibility index (Phi) is 15.7. The number of para-hydroxylation sites is 1. The van der Waals surface area contributed by atoms with E-state index < -0.39 is 11.9 Å². The van der Waals surface area contributed by atoms with Crippen LogP contribution in [-0.2, 0) is 22.7 Å². The number of anilines is 3. The number of nitrogens with two attached hydrogens (primary N) is 1. The fraction of sp³-hybridized carbons (Fsp3) is 0.538. The van der Waals surface area contributed by atoms with Crippen LogP contribution in [0, 0.1) is 0 Å². The maximum absolute atomic E-state index is 13.0. The monoisotopic (exact) mass is 807 g/mol. The van der Waals surface area contributed by atoms with Crippen molar-refractivity contribution in [3.8, 4) is 0 Å². The fourth-order valence-electron chi connectivity index (χ4n) is 7.13. The molecule has 1 aliphatic carbocycles. The predicted octanol–water partition coefficient (Wildman–Crippen LogP) is 5.09. The highest BCUT2D eigenvalue weighted by Gasteiger charge is 2.25. The number of amides is 2. The van der Waals surface area contributed by atoms with Crippen molar-refractivity contribution >= 4 is 63.4 Å². The smallest absolute Gasteiger partial charge is 0.255 e. The molecule has 0 unspecified atom stereocenters. The summed E-state index contributed by atoms with van der Waals surface area (Å²) >= 11 is 12.1. The summed E-state index contributed by atoms with van der Waals surface area (Å²) in [6, 6.07) is 12.8. The molecule has 3 heterocycles. The first-order valence-electron chi connectivity index (χ1n) is 20.0. The lowest BCUT2D eigenvalue weighted by Gasteiger charge is -2.33. The van der Waals surface area contributed by atoms with Crippen LogP contribution in [0.5, 0.6) is 0 Å². The van der Waals surface area contributed by atoms with Gasteiger partial charge in [0.2, 0.25) is 11.9 Å². The number of carbonyl (C=O) groups excluding carboxylic acids is 2. The first-order chi connectivity index (χ1) is 27.3. The number of carbonyl (C=O) groups is 2. The number of aromatic nitrogens is 5. The third-order valence-corrected chi connectivity index (χ3v) is 10.9. The third-order valence-electron chi connectivity index (χ3n) is 10.4. The number of aryl methyl sites for hydroxylation is 1. The summed E-state index contributed by atoms with van der Waals surface area (Å²) in [5.41, 5.74) is 13.5. The number of rotatable bonds is 20. The zero-order valence-electron chi connectivity index (χ0n) is 31.9. The number of fused-ring (bicyclic) bond motifs is 1. The van der Waals surface area contributed by atoms with Crippen LogP contribution in [0.2, 0.25) is 10.0 Å². The number of halogens is 2. The van der Waals surface area contributed by atoms with Gasteiger partial charge in [-0.2, -0.15) is 4.98 Å². The van der Waals surface area contributed by atoms with Crippen LogP contribution in [-0.4, -0.2) is 92.5 Å². The first-order valence-corrected chi connectivity index (χ1v) is 20.7. The van der Waals surface area contributed by atoms with Crippen molar-refractivity contribution in [2.75, 3.05) is 48.8 Å². The molecule has 1 saturated heterocycles. The molecule has 302 valence electrons. The van der Waals surface area contributed by atoms with Gasteiger partial charge in [0.05, 0.1) is 35.0 Å². The van der Waals surface area contributed by atoms with Gasteiger partial charge in [-0.25, -0.2) is 4.98 Å². The van der Waals surface area contributed by atoms with Gasteiger partial charge in [0.15, 0.2) is 0 Å². The second-order valence-electron chi connectivity index (χ2n) is 14.7. The Labute approximate surface area is 338 Å². The van der Waals surface area contributed by atoms with E-state index in [4.69, 9.17) is 38.9 Å². The molecule has 2 aromatic heterocycles.